The van der Waals surface area contributed by atoms with Crippen LogP contribution in [0.4, 0.5) is 0 Å². The predicted molar refractivity (Wildman–Crippen MR) is 91.2 cm³/mol. The Bertz CT molecular complexity index is 343. The van der Waals surface area contributed by atoms with E-state index in [-0.39, 0.29) is 0 Å². The van der Waals surface area contributed by atoms with Gasteiger partial charge in [-0.05, 0) is 37.3 Å². The molecule has 8 heteroatoms. The van der Waals surface area contributed by atoms with Crippen molar-refractivity contribution >= 4 is 34.7 Å². The first-order valence-corrected chi connectivity index (χ1v) is 8.57. The second kappa shape index (κ2) is 9.34. The van der Waals surface area contributed by atoms with Crippen molar-refractivity contribution in [2.75, 3.05) is 39.4 Å². The first kappa shape index (κ1) is 16.7. The highest BCUT2D eigenvalue weighted by molar-refractivity contribution is 7.80. The van der Waals surface area contributed by atoms with Crippen molar-refractivity contribution in [1.82, 2.24) is 21.5 Å². The van der Waals surface area contributed by atoms with Gasteiger partial charge in [-0.3, -0.25) is 10.9 Å². The lowest BCUT2D eigenvalue weighted by molar-refractivity contribution is -0.906. The van der Waals surface area contributed by atoms with E-state index in [9.17, 15) is 0 Å². The molecule has 1 saturated heterocycles. The van der Waals surface area contributed by atoms with Gasteiger partial charge in [0.2, 0.25) is 0 Å². The zero-order chi connectivity index (χ0) is 14.9. The minimum Gasteiger partial charge on any atom is -0.370 e. The molecular weight excluding hydrogens is 306 g/mol. The summed E-state index contributed by atoms with van der Waals surface area (Å²) in [6, 6.07) is 0.512. The highest BCUT2D eigenvalue weighted by Gasteiger charge is 2.15. The van der Waals surface area contributed by atoms with E-state index in [4.69, 9.17) is 29.2 Å². The third kappa shape index (κ3) is 6.73. The molecular formula is C13H26N5OS2+. The van der Waals surface area contributed by atoms with Gasteiger partial charge in [0.25, 0.3) is 0 Å². The Morgan fingerprint density at radius 3 is 2.43 bits per heavy atom. The molecule has 0 aromatic heterocycles. The first-order chi connectivity index (χ1) is 10.2. The maximum atomic E-state index is 5.34. The van der Waals surface area contributed by atoms with Crippen LogP contribution in [0.5, 0.6) is 0 Å². The molecule has 21 heavy (non-hydrogen) atoms. The van der Waals surface area contributed by atoms with Crippen molar-refractivity contribution in [1.29, 1.82) is 0 Å². The summed E-state index contributed by atoms with van der Waals surface area (Å²) in [4.78, 5) is 1.56. The van der Waals surface area contributed by atoms with Crippen molar-refractivity contribution in [3.63, 3.8) is 0 Å². The van der Waals surface area contributed by atoms with Crippen LogP contribution in [-0.2, 0) is 4.74 Å². The number of morpholine rings is 1. The second-order valence-corrected chi connectivity index (χ2v) is 6.39. The molecule has 0 aromatic carbocycles. The quantitative estimate of drug-likeness (QED) is 0.324. The lowest BCUT2D eigenvalue weighted by Crippen LogP contribution is -3.14. The monoisotopic (exact) mass is 332 g/mol. The van der Waals surface area contributed by atoms with Gasteiger partial charge in [0.05, 0.1) is 26.3 Å². The lowest BCUT2D eigenvalue weighted by atomic mass is 10.3. The predicted octanol–water partition coefficient (Wildman–Crippen LogP) is -1.31. The van der Waals surface area contributed by atoms with Crippen LogP contribution in [0, 0.1) is 0 Å². The zero-order valence-electron chi connectivity index (χ0n) is 12.4. The van der Waals surface area contributed by atoms with Crippen LogP contribution in [0.25, 0.3) is 0 Å². The van der Waals surface area contributed by atoms with Gasteiger partial charge in [-0.15, -0.1) is 0 Å². The van der Waals surface area contributed by atoms with Gasteiger partial charge in [0, 0.05) is 6.04 Å². The summed E-state index contributed by atoms with van der Waals surface area (Å²) in [6.45, 7) is 5.79. The summed E-state index contributed by atoms with van der Waals surface area (Å²) in [5, 5.41) is 7.68. The van der Waals surface area contributed by atoms with Crippen LogP contribution >= 0.6 is 24.4 Å². The van der Waals surface area contributed by atoms with Gasteiger partial charge in [-0.25, -0.2) is 0 Å². The van der Waals surface area contributed by atoms with Gasteiger partial charge in [-0.2, -0.15) is 0 Å². The molecule has 0 bridgehead atoms. The van der Waals surface area contributed by atoms with Gasteiger partial charge in [0.15, 0.2) is 10.2 Å². The Morgan fingerprint density at radius 1 is 1.05 bits per heavy atom. The van der Waals surface area contributed by atoms with E-state index >= 15 is 0 Å². The van der Waals surface area contributed by atoms with Gasteiger partial charge < -0.3 is 20.3 Å². The zero-order valence-corrected chi connectivity index (χ0v) is 14.0. The number of ether oxygens (including phenoxy) is 1. The average molecular weight is 333 g/mol. The second-order valence-electron chi connectivity index (χ2n) is 5.57. The minimum absolute atomic E-state index is 0.512. The third-order valence-electron chi connectivity index (χ3n) is 3.94. The first-order valence-electron chi connectivity index (χ1n) is 7.75. The number of rotatable bonds is 4. The molecule has 1 aliphatic carbocycles. The van der Waals surface area contributed by atoms with Gasteiger partial charge >= 0.3 is 0 Å². The van der Waals surface area contributed by atoms with E-state index in [1.807, 2.05) is 0 Å². The Labute approximate surface area is 137 Å². The van der Waals surface area contributed by atoms with Crippen LogP contribution in [0.2, 0.25) is 0 Å². The molecule has 120 valence electrons. The smallest absolute Gasteiger partial charge is 0.185 e. The molecule has 1 heterocycles. The fourth-order valence-electron chi connectivity index (χ4n) is 2.71. The van der Waals surface area contributed by atoms with Gasteiger partial charge in [-0.1, -0.05) is 12.8 Å². The Kier molecular flexibility index (Phi) is 7.42. The highest BCUT2D eigenvalue weighted by Crippen LogP contribution is 2.17. The summed E-state index contributed by atoms with van der Waals surface area (Å²) in [7, 11) is 0. The molecule has 2 fully saturated rings. The summed E-state index contributed by atoms with van der Waals surface area (Å²) in [5.41, 5.74) is 5.86. The molecule has 1 saturated carbocycles. The SMILES string of the molecule is S=C(NCC[NH+]1CCOCC1)NNC(=S)NC1CCCC1. The van der Waals surface area contributed by atoms with Gasteiger partial charge in [0.1, 0.15) is 13.1 Å². The standard InChI is InChI=1S/C13H25N5OS2/c20-12(14-5-6-18-7-9-19-10-8-18)16-17-13(21)15-11-3-1-2-4-11/h11H,1-10H2,(H2,14,16,20)(H2,15,17,21)/p+1. The van der Waals surface area contributed by atoms with Crippen LogP contribution < -0.4 is 26.4 Å². The van der Waals surface area contributed by atoms with Crippen LogP contribution in [0.15, 0.2) is 0 Å². The van der Waals surface area contributed by atoms with E-state index < -0.39 is 0 Å². The number of hydrazine groups is 1. The molecule has 0 aromatic rings. The van der Waals surface area contributed by atoms with Crippen LogP contribution in [0.3, 0.4) is 0 Å². The van der Waals surface area contributed by atoms with Crippen LogP contribution in [0.1, 0.15) is 25.7 Å². The topological polar surface area (TPSA) is 61.8 Å². The molecule has 0 atom stereocenters. The lowest BCUT2D eigenvalue weighted by Gasteiger charge is -2.24. The number of thiocarbonyl (C=S) groups is 2. The largest absolute Gasteiger partial charge is 0.370 e. The van der Waals surface area contributed by atoms with E-state index in [0.29, 0.717) is 16.3 Å². The van der Waals surface area contributed by atoms with Crippen molar-refractivity contribution in [3.05, 3.63) is 0 Å². The summed E-state index contributed by atoms with van der Waals surface area (Å²) >= 11 is 10.4. The molecule has 0 amide bonds. The maximum Gasteiger partial charge on any atom is 0.185 e. The van der Waals surface area contributed by atoms with E-state index in [0.717, 1.165) is 39.4 Å². The van der Waals surface area contributed by atoms with Crippen molar-refractivity contribution < 1.29 is 9.64 Å². The molecule has 2 rings (SSSR count). The number of nitrogens with one attached hydrogen (secondary N) is 5. The third-order valence-corrected chi connectivity index (χ3v) is 4.41. The summed E-state index contributed by atoms with van der Waals surface area (Å²) in [5.74, 6) is 0. The molecule has 6 nitrogen and oxygen atoms in total. The maximum absolute atomic E-state index is 5.34. The van der Waals surface area contributed by atoms with E-state index in [1.165, 1.54) is 25.7 Å². The molecule has 0 unspecified atom stereocenters. The minimum atomic E-state index is 0.512. The Morgan fingerprint density at radius 2 is 1.71 bits per heavy atom. The molecule has 2 aliphatic rings. The summed E-state index contributed by atoms with van der Waals surface area (Å²) < 4.78 is 5.34. The van der Waals surface area contributed by atoms with Crippen molar-refractivity contribution in [2.24, 2.45) is 0 Å². The highest BCUT2D eigenvalue weighted by atomic mass is 32.1. The fourth-order valence-corrected chi connectivity index (χ4v) is 3.08. The average Bonchev–Trinajstić information content (AvgIpc) is 2.99. The molecule has 1 aliphatic heterocycles. The molecule has 5 N–H and O–H groups in total. The van der Waals surface area contributed by atoms with E-state index in [2.05, 4.69) is 21.5 Å². The number of hydrogen-bond donors (Lipinski definition) is 5. The number of quaternary nitrogens is 1. The van der Waals surface area contributed by atoms with E-state index in [1.54, 1.807) is 4.90 Å². The molecule has 0 spiro atoms. The Balaban J connectivity index is 1.49. The summed E-state index contributed by atoms with van der Waals surface area (Å²) in [6.07, 6.45) is 4.98. The fraction of sp³-hybridized carbons (Fsp3) is 0.846. The Hall–Kier alpha value is -0.700. The number of hydrogen-bond acceptors (Lipinski definition) is 3. The van der Waals surface area contributed by atoms with Crippen molar-refractivity contribution in [3.8, 4) is 0 Å². The van der Waals surface area contributed by atoms with Crippen molar-refractivity contribution in [2.45, 2.75) is 31.7 Å². The normalized spacial score (nSPS) is 20.0. The molecule has 0 radical (unpaired) electrons. The van der Waals surface area contributed by atoms with Crippen LogP contribution in [-0.4, -0.2) is 55.7 Å².